The van der Waals surface area contributed by atoms with Crippen LogP contribution in [0, 0.1) is 6.92 Å². The van der Waals surface area contributed by atoms with E-state index in [0.717, 1.165) is 17.1 Å². The van der Waals surface area contributed by atoms with Gasteiger partial charge in [-0.3, -0.25) is 4.79 Å². The third kappa shape index (κ3) is 5.05. The van der Waals surface area contributed by atoms with Gasteiger partial charge in [-0.05, 0) is 50.2 Å². The molecule has 0 aliphatic rings. The molecule has 0 radical (unpaired) electrons. The maximum Gasteiger partial charge on any atom is 0.251 e. The highest BCUT2D eigenvalue weighted by Crippen LogP contribution is 2.29. The molecule has 0 atom stereocenters. The Morgan fingerprint density at radius 2 is 1.50 bits per heavy atom. The molecule has 140 valence electrons. The molecule has 0 spiro atoms. The van der Waals surface area contributed by atoms with Crippen LogP contribution < -0.4 is 24.3 Å². The molecule has 1 N–H and O–H groups in total. The monoisotopic (exact) mass is 359 g/mol. The van der Waals surface area contributed by atoms with Crippen LogP contribution in [-0.2, 0) is 0 Å². The zero-order chi connectivity index (χ0) is 18.9. The molecule has 2 aromatic carbocycles. The van der Waals surface area contributed by atoms with E-state index in [1.807, 2.05) is 38.1 Å². The maximum atomic E-state index is 12.3. The summed E-state index contributed by atoms with van der Waals surface area (Å²) in [5.41, 5.74) is 1.33. The molecule has 2 aromatic rings. The molecule has 0 heterocycles. The zero-order valence-corrected chi connectivity index (χ0v) is 15.6. The molecule has 6 nitrogen and oxygen atoms in total. The van der Waals surface area contributed by atoms with Crippen molar-refractivity contribution in [2.45, 2.75) is 13.8 Å². The van der Waals surface area contributed by atoms with Gasteiger partial charge in [0.1, 0.15) is 29.6 Å². The van der Waals surface area contributed by atoms with E-state index in [9.17, 15) is 4.79 Å². The van der Waals surface area contributed by atoms with E-state index in [-0.39, 0.29) is 5.91 Å². The Balaban J connectivity index is 1.87. The lowest BCUT2D eigenvalue weighted by molar-refractivity contribution is 0.0946. The maximum absolute atomic E-state index is 12.3. The SMILES string of the molecule is CCOc1ccc(OCCNC(=O)c2cc(OC)c(C)c(OC)c2)cc1. The summed E-state index contributed by atoms with van der Waals surface area (Å²) in [6.07, 6.45) is 0. The number of carbonyl (C=O) groups is 1. The van der Waals surface area contributed by atoms with Gasteiger partial charge in [-0.15, -0.1) is 0 Å². The molecule has 1 amide bonds. The van der Waals surface area contributed by atoms with E-state index < -0.39 is 0 Å². The molecular formula is C20H25NO5. The molecule has 0 saturated carbocycles. The van der Waals surface area contributed by atoms with Gasteiger partial charge in [0.15, 0.2) is 0 Å². The van der Waals surface area contributed by atoms with Crippen LogP contribution in [0.15, 0.2) is 36.4 Å². The fourth-order valence-electron chi connectivity index (χ4n) is 2.45. The lowest BCUT2D eigenvalue weighted by Gasteiger charge is -2.13. The Labute approximate surface area is 154 Å². The van der Waals surface area contributed by atoms with Gasteiger partial charge in [0.05, 0.1) is 27.4 Å². The number of ether oxygens (including phenoxy) is 4. The number of amides is 1. The third-order valence-corrected chi connectivity index (χ3v) is 3.81. The van der Waals surface area contributed by atoms with Crippen molar-refractivity contribution >= 4 is 5.91 Å². The van der Waals surface area contributed by atoms with Crippen LogP contribution in [0.4, 0.5) is 0 Å². The smallest absolute Gasteiger partial charge is 0.251 e. The molecule has 0 saturated heterocycles. The first-order chi connectivity index (χ1) is 12.6. The lowest BCUT2D eigenvalue weighted by Crippen LogP contribution is -2.28. The van der Waals surface area contributed by atoms with Crippen molar-refractivity contribution < 1.29 is 23.7 Å². The summed E-state index contributed by atoms with van der Waals surface area (Å²) in [4.78, 5) is 12.3. The third-order valence-electron chi connectivity index (χ3n) is 3.81. The quantitative estimate of drug-likeness (QED) is 0.697. The molecule has 0 bridgehead atoms. The van der Waals surface area contributed by atoms with Crippen molar-refractivity contribution in [1.29, 1.82) is 0 Å². The van der Waals surface area contributed by atoms with Crippen LogP contribution in [0.1, 0.15) is 22.8 Å². The van der Waals surface area contributed by atoms with Crippen LogP contribution in [0.2, 0.25) is 0 Å². The predicted octanol–water partition coefficient (Wildman–Crippen LogP) is 3.22. The molecule has 0 aromatic heterocycles. The summed E-state index contributed by atoms with van der Waals surface area (Å²) < 4.78 is 21.6. The normalized spacial score (nSPS) is 10.2. The number of carbonyl (C=O) groups excluding carboxylic acids is 1. The zero-order valence-electron chi connectivity index (χ0n) is 15.6. The average molecular weight is 359 g/mol. The first-order valence-corrected chi connectivity index (χ1v) is 8.45. The van der Waals surface area contributed by atoms with Crippen molar-refractivity contribution in [3.8, 4) is 23.0 Å². The molecule has 0 aliphatic heterocycles. The minimum Gasteiger partial charge on any atom is -0.496 e. The second-order valence-electron chi connectivity index (χ2n) is 5.51. The molecule has 2 rings (SSSR count). The highest BCUT2D eigenvalue weighted by atomic mass is 16.5. The number of benzene rings is 2. The topological polar surface area (TPSA) is 66.0 Å². The standard InChI is InChI=1S/C20H25NO5/c1-5-25-16-6-8-17(9-7-16)26-11-10-21-20(22)15-12-18(23-3)14(2)19(13-15)24-4/h6-9,12-13H,5,10-11H2,1-4H3,(H,21,22). The highest BCUT2D eigenvalue weighted by molar-refractivity contribution is 5.95. The summed E-state index contributed by atoms with van der Waals surface area (Å²) in [5, 5.41) is 2.82. The van der Waals surface area contributed by atoms with Crippen LogP contribution in [-0.4, -0.2) is 39.9 Å². The van der Waals surface area contributed by atoms with Crippen molar-refractivity contribution in [3.63, 3.8) is 0 Å². The van der Waals surface area contributed by atoms with Crippen molar-refractivity contribution in [2.75, 3.05) is 34.0 Å². The van der Waals surface area contributed by atoms with E-state index in [1.165, 1.54) is 0 Å². The van der Waals surface area contributed by atoms with E-state index in [4.69, 9.17) is 18.9 Å². The molecule has 0 fully saturated rings. The summed E-state index contributed by atoms with van der Waals surface area (Å²) in [6, 6.07) is 10.8. The van der Waals surface area contributed by atoms with Crippen LogP contribution >= 0.6 is 0 Å². The molecule has 6 heteroatoms. The van der Waals surface area contributed by atoms with Gasteiger partial charge in [-0.1, -0.05) is 0 Å². The lowest BCUT2D eigenvalue weighted by atomic mass is 10.1. The van der Waals surface area contributed by atoms with Crippen LogP contribution in [0.5, 0.6) is 23.0 Å². The van der Waals surface area contributed by atoms with Crippen LogP contribution in [0.25, 0.3) is 0 Å². The first-order valence-electron chi connectivity index (χ1n) is 8.45. The van der Waals surface area contributed by atoms with E-state index in [0.29, 0.717) is 36.8 Å². The van der Waals surface area contributed by atoms with Crippen molar-refractivity contribution in [1.82, 2.24) is 5.32 Å². The largest absolute Gasteiger partial charge is 0.496 e. The van der Waals surface area contributed by atoms with Gasteiger partial charge in [-0.2, -0.15) is 0 Å². The Kier molecular flexibility index (Phi) is 7.14. The van der Waals surface area contributed by atoms with Gasteiger partial charge in [-0.25, -0.2) is 0 Å². The summed E-state index contributed by atoms with van der Waals surface area (Å²) in [7, 11) is 3.13. The molecule has 0 unspecified atom stereocenters. The van der Waals surface area contributed by atoms with Gasteiger partial charge in [0.2, 0.25) is 0 Å². The second-order valence-corrected chi connectivity index (χ2v) is 5.51. The minimum absolute atomic E-state index is 0.211. The fourth-order valence-corrected chi connectivity index (χ4v) is 2.45. The summed E-state index contributed by atoms with van der Waals surface area (Å²) >= 11 is 0. The Morgan fingerprint density at radius 1 is 0.962 bits per heavy atom. The van der Waals surface area contributed by atoms with E-state index in [1.54, 1.807) is 26.4 Å². The van der Waals surface area contributed by atoms with E-state index >= 15 is 0 Å². The van der Waals surface area contributed by atoms with Crippen molar-refractivity contribution in [3.05, 3.63) is 47.5 Å². The summed E-state index contributed by atoms with van der Waals surface area (Å²) in [5.74, 6) is 2.54. The Hall–Kier alpha value is -2.89. The average Bonchev–Trinajstić information content (AvgIpc) is 2.66. The van der Waals surface area contributed by atoms with Crippen molar-refractivity contribution in [2.24, 2.45) is 0 Å². The fraction of sp³-hybridized carbons (Fsp3) is 0.350. The minimum atomic E-state index is -0.211. The second kappa shape index (κ2) is 9.56. The number of hydrogen-bond acceptors (Lipinski definition) is 5. The highest BCUT2D eigenvalue weighted by Gasteiger charge is 2.13. The number of hydrogen-bond donors (Lipinski definition) is 1. The van der Waals surface area contributed by atoms with Crippen LogP contribution in [0.3, 0.4) is 0 Å². The number of nitrogens with one attached hydrogen (secondary N) is 1. The molecule has 26 heavy (non-hydrogen) atoms. The van der Waals surface area contributed by atoms with Gasteiger partial charge in [0.25, 0.3) is 5.91 Å². The predicted molar refractivity (Wildman–Crippen MR) is 99.7 cm³/mol. The van der Waals surface area contributed by atoms with Gasteiger partial charge in [0, 0.05) is 11.1 Å². The van der Waals surface area contributed by atoms with E-state index in [2.05, 4.69) is 5.32 Å². The van der Waals surface area contributed by atoms with Gasteiger partial charge >= 0.3 is 0 Å². The number of rotatable bonds is 9. The molecular weight excluding hydrogens is 334 g/mol. The first kappa shape index (κ1) is 19.4. The Bertz CT molecular complexity index is 702. The Morgan fingerprint density at radius 3 is 2.00 bits per heavy atom. The molecule has 0 aliphatic carbocycles. The summed E-state index contributed by atoms with van der Waals surface area (Å²) in [6.45, 7) is 5.18. The van der Waals surface area contributed by atoms with Gasteiger partial charge < -0.3 is 24.3 Å². The number of methoxy groups -OCH3 is 2.